The van der Waals surface area contributed by atoms with Crippen molar-refractivity contribution < 1.29 is 38.2 Å². The van der Waals surface area contributed by atoms with Crippen LogP contribution in [0.25, 0.3) is 33.1 Å². The molecular formula is C37H33N3O9. The third-order valence-electron chi connectivity index (χ3n) is 7.71. The molecule has 3 amide bonds. The molecule has 0 spiro atoms. The van der Waals surface area contributed by atoms with Crippen molar-refractivity contribution in [2.24, 2.45) is 5.92 Å². The Morgan fingerprint density at radius 2 is 1.43 bits per heavy atom. The van der Waals surface area contributed by atoms with Crippen molar-refractivity contribution in [1.29, 1.82) is 0 Å². The Kier molecular flexibility index (Phi) is 10.5. The molecule has 4 aromatic carbocycles. The first-order valence-corrected chi connectivity index (χ1v) is 15.4. The zero-order valence-corrected chi connectivity index (χ0v) is 26.6. The third-order valence-corrected chi connectivity index (χ3v) is 7.71. The van der Waals surface area contributed by atoms with E-state index in [1.165, 1.54) is 0 Å². The van der Waals surface area contributed by atoms with E-state index in [1.807, 2.05) is 18.2 Å². The second-order valence-corrected chi connectivity index (χ2v) is 11.5. The summed E-state index contributed by atoms with van der Waals surface area (Å²) in [5.41, 5.74) is 0.653. The number of ether oxygens (including phenoxy) is 1. The van der Waals surface area contributed by atoms with Gasteiger partial charge in [-0.05, 0) is 29.5 Å². The number of aliphatic carboxylic acids is 1. The molecule has 0 aliphatic rings. The number of carbonyl (C=O) groups is 5. The summed E-state index contributed by atoms with van der Waals surface area (Å²) in [6.45, 7) is 2.43. The van der Waals surface area contributed by atoms with E-state index >= 15 is 0 Å². The van der Waals surface area contributed by atoms with Gasteiger partial charge in [-0.3, -0.25) is 28.8 Å². The molecule has 4 N–H and O–H groups in total. The number of hydrogen-bond donors (Lipinski definition) is 4. The second-order valence-electron chi connectivity index (χ2n) is 11.5. The zero-order chi connectivity index (χ0) is 35.1. The SMILES string of the molecule is CC(C)[C@H](NC(=O)C(=O)Nc1cccc2ccccc12)C(=O)N[C@@H](CC(=O)O)C(=O)COc1c(-c2ccccc2)oc2ccccc2c1=O. The highest BCUT2D eigenvalue weighted by molar-refractivity contribution is 6.40. The van der Waals surface area contributed by atoms with Gasteiger partial charge in [-0.15, -0.1) is 0 Å². The fraction of sp³-hybridized carbons (Fsp3) is 0.189. The molecule has 250 valence electrons. The van der Waals surface area contributed by atoms with Crippen molar-refractivity contribution in [2.45, 2.75) is 32.4 Å². The molecule has 0 saturated heterocycles. The number of Topliss-reactive ketones (excluding diaryl/α,β-unsaturated/α-hetero) is 1. The second kappa shape index (κ2) is 15.1. The van der Waals surface area contributed by atoms with Gasteiger partial charge in [0.15, 0.2) is 11.5 Å². The molecule has 5 aromatic rings. The average molecular weight is 664 g/mol. The van der Waals surface area contributed by atoms with Crippen LogP contribution in [0.1, 0.15) is 20.3 Å². The molecule has 1 aromatic heterocycles. The summed E-state index contributed by atoms with van der Waals surface area (Å²) in [6, 6.07) is 24.7. The Hall–Kier alpha value is -6.30. The number of hydrogen-bond acceptors (Lipinski definition) is 8. The number of rotatable bonds is 12. The predicted octanol–water partition coefficient (Wildman–Crippen LogP) is 4.30. The van der Waals surface area contributed by atoms with Gasteiger partial charge in [0.2, 0.25) is 17.1 Å². The van der Waals surface area contributed by atoms with Gasteiger partial charge in [0.1, 0.15) is 24.3 Å². The molecule has 0 radical (unpaired) electrons. The lowest BCUT2D eigenvalue weighted by Gasteiger charge is -2.24. The summed E-state index contributed by atoms with van der Waals surface area (Å²) < 4.78 is 11.7. The Morgan fingerprint density at radius 1 is 0.776 bits per heavy atom. The van der Waals surface area contributed by atoms with Crippen molar-refractivity contribution >= 4 is 56.9 Å². The molecule has 0 aliphatic carbocycles. The maximum absolute atomic E-state index is 13.4. The summed E-state index contributed by atoms with van der Waals surface area (Å²) in [5.74, 6) is -6.04. The summed E-state index contributed by atoms with van der Waals surface area (Å²) in [7, 11) is 0. The van der Waals surface area contributed by atoms with Gasteiger partial charge in [0.05, 0.1) is 11.8 Å². The van der Waals surface area contributed by atoms with Crippen LogP contribution in [0.4, 0.5) is 5.69 Å². The van der Waals surface area contributed by atoms with Gasteiger partial charge >= 0.3 is 17.8 Å². The smallest absolute Gasteiger partial charge is 0.313 e. The van der Waals surface area contributed by atoms with Crippen molar-refractivity contribution in [3.8, 4) is 17.1 Å². The third kappa shape index (κ3) is 7.99. The number of fused-ring (bicyclic) bond motifs is 2. The number of carboxylic acids is 1. The maximum Gasteiger partial charge on any atom is 0.313 e. The van der Waals surface area contributed by atoms with Gasteiger partial charge < -0.3 is 30.2 Å². The van der Waals surface area contributed by atoms with Crippen molar-refractivity contribution in [1.82, 2.24) is 10.6 Å². The summed E-state index contributed by atoms with van der Waals surface area (Å²) in [6.07, 6.45) is -0.813. The number of amides is 3. The highest BCUT2D eigenvalue weighted by atomic mass is 16.5. The topological polar surface area (TPSA) is 181 Å². The first-order valence-electron chi connectivity index (χ1n) is 15.4. The lowest BCUT2D eigenvalue weighted by molar-refractivity contribution is -0.141. The number of carboxylic acid groups (broad SMARTS) is 1. The lowest BCUT2D eigenvalue weighted by atomic mass is 10.0. The number of benzene rings is 4. The Balaban J connectivity index is 1.31. The fourth-order valence-corrected chi connectivity index (χ4v) is 5.22. The van der Waals surface area contributed by atoms with Gasteiger partial charge in [-0.1, -0.05) is 92.7 Å². The summed E-state index contributed by atoms with van der Waals surface area (Å²) >= 11 is 0. The fourth-order valence-electron chi connectivity index (χ4n) is 5.22. The quantitative estimate of drug-likeness (QED) is 0.142. The van der Waals surface area contributed by atoms with Gasteiger partial charge in [-0.2, -0.15) is 0 Å². The van der Waals surface area contributed by atoms with Crippen LogP contribution in [0, 0.1) is 5.92 Å². The zero-order valence-electron chi connectivity index (χ0n) is 26.6. The molecular weight excluding hydrogens is 630 g/mol. The Bertz CT molecular complexity index is 2100. The van der Waals surface area contributed by atoms with E-state index in [-0.39, 0.29) is 16.9 Å². The van der Waals surface area contributed by atoms with Gasteiger partial charge in [0.25, 0.3) is 0 Å². The van der Waals surface area contributed by atoms with Crippen molar-refractivity contribution in [2.75, 3.05) is 11.9 Å². The molecule has 2 atom stereocenters. The molecule has 0 fully saturated rings. The van der Waals surface area contributed by atoms with E-state index < -0.39 is 65.9 Å². The van der Waals surface area contributed by atoms with Crippen LogP contribution < -0.4 is 26.1 Å². The Morgan fingerprint density at radius 3 is 2.14 bits per heavy atom. The lowest BCUT2D eigenvalue weighted by Crippen LogP contribution is -2.56. The minimum Gasteiger partial charge on any atom is -0.481 e. The van der Waals surface area contributed by atoms with E-state index in [0.29, 0.717) is 22.2 Å². The molecule has 0 saturated carbocycles. The largest absolute Gasteiger partial charge is 0.481 e. The van der Waals surface area contributed by atoms with Crippen LogP contribution in [0.5, 0.6) is 5.75 Å². The van der Waals surface area contributed by atoms with E-state index in [4.69, 9.17) is 9.15 Å². The number of anilines is 1. The van der Waals surface area contributed by atoms with Gasteiger partial charge in [0, 0.05) is 16.6 Å². The molecule has 0 bridgehead atoms. The molecule has 12 nitrogen and oxygen atoms in total. The molecule has 0 aliphatic heterocycles. The average Bonchev–Trinajstić information content (AvgIpc) is 3.09. The monoisotopic (exact) mass is 663 g/mol. The number of ketones is 1. The predicted molar refractivity (Wildman–Crippen MR) is 182 cm³/mol. The first-order chi connectivity index (χ1) is 23.5. The molecule has 49 heavy (non-hydrogen) atoms. The summed E-state index contributed by atoms with van der Waals surface area (Å²) in [5, 5.41) is 18.6. The minimum atomic E-state index is -1.60. The molecule has 1 heterocycles. The van der Waals surface area contributed by atoms with Crippen LogP contribution in [0.15, 0.2) is 106 Å². The normalized spacial score (nSPS) is 12.2. The van der Waals surface area contributed by atoms with Crippen LogP contribution in [-0.2, 0) is 24.0 Å². The standard InChI is InChI=1S/C37H33N3O9/c1-21(2)31(40-37(47)36(46)38-26-17-10-14-22-11-6-7-15-24(22)26)35(45)39-27(19-30(42)43)28(41)20-48-34-32(44)25-16-8-9-18-29(25)49-33(34)23-12-4-3-5-13-23/h3-18,21,27,31H,19-20H2,1-2H3,(H,38,46)(H,39,45)(H,40,47)(H,42,43)/t27-,31-/m0/s1. The van der Waals surface area contributed by atoms with Crippen molar-refractivity contribution in [3.05, 3.63) is 107 Å². The van der Waals surface area contributed by atoms with Crippen molar-refractivity contribution in [3.63, 3.8) is 0 Å². The number of carbonyl (C=O) groups excluding carboxylic acids is 4. The van der Waals surface area contributed by atoms with Crippen LogP contribution in [0.2, 0.25) is 0 Å². The molecule has 5 rings (SSSR count). The van der Waals surface area contributed by atoms with Crippen LogP contribution in [0.3, 0.4) is 0 Å². The highest BCUT2D eigenvalue weighted by Crippen LogP contribution is 2.31. The first kappa shape index (κ1) is 34.0. The van der Waals surface area contributed by atoms with E-state index in [1.54, 1.807) is 92.7 Å². The van der Waals surface area contributed by atoms with Gasteiger partial charge in [-0.25, -0.2) is 0 Å². The molecule has 12 heteroatoms. The Labute approximate surface area is 280 Å². The van der Waals surface area contributed by atoms with E-state index in [0.717, 1.165) is 5.39 Å². The minimum absolute atomic E-state index is 0.0697. The highest BCUT2D eigenvalue weighted by Gasteiger charge is 2.32. The van der Waals surface area contributed by atoms with E-state index in [9.17, 15) is 33.9 Å². The maximum atomic E-state index is 13.4. The number of para-hydroxylation sites is 1. The van der Waals surface area contributed by atoms with Crippen LogP contribution >= 0.6 is 0 Å². The number of nitrogens with one attached hydrogen (secondary N) is 3. The van der Waals surface area contributed by atoms with Crippen LogP contribution in [-0.4, -0.2) is 53.3 Å². The molecule has 0 unspecified atom stereocenters. The summed E-state index contributed by atoms with van der Waals surface area (Å²) in [4.78, 5) is 77.6. The van der Waals surface area contributed by atoms with E-state index in [2.05, 4.69) is 16.0 Å².